The number of rotatable bonds is 2. The van der Waals surface area contributed by atoms with Gasteiger partial charge >= 0.3 is 5.91 Å². The maximum Gasteiger partial charge on any atom is 0.310 e. The van der Waals surface area contributed by atoms with Crippen LogP contribution in [0.2, 0.25) is 0 Å². The molecule has 94 valence electrons. The lowest BCUT2D eigenvalue weighted by Crippen LogP contribution is -2.56. The largest absolute Gasteiger partial charge is 0.365 e. The summed E-state index contributed by atoms with van der Waals surface area (Å²) in [5.74, 6) is 0.519. The Labute approximate surface area is 109 Å². The molecule has 3 atom stereocenters. The van der Waals surface area contributed by atoms with Crippen LogP contribution in [0.15, 0.2) is 0 Å². The molecular formula is C5H6Cl4N2O5. The van der Waals surface area contributed by atoms with E-state index in [1.54, 1.807) is 0 Å². The van der Waals surface area contributed by atoms with Crippen molar-refractivity contribution in [1.82, 2.24) is 0 Å². The minimum Gasteiger partial charge on any atom is -0.365 e. The van der Waals surface area contributed by atoms with Crippen molar-refractivity contribution in [3.63, 3.8) is 0 Å². The lowest BCUT2D eigenvalue weighted by molar-refractivity contribution is -0.242. The molecule has 0 aromatic carbocycles. The van der Waals surface area contributed by atoms with Gasteiger partial charge in [-0.1, -0.05) is 46.4 Å². The van der Waals surface area contributed by atoms with Crippen LogP contribution in [0.4, 0.5) is 0 Å². The normalized spacial score (nSPS) is 45.1. The molecule has 1 rings (SSSR count). The van der Waals surface area contributed by atoms with Gasteiger partial charge in [-0.05, 0) is 0 Å². The molecule has 11 heteroatoms. The fraction of sp³-hybridized carbons (Fsp3) is 0.800. The molecular weight excluding hydrogens is 310 g/mol. The number of carbonyl (C=O) groups is 1. The fourth-order valence-electron chi connectivity index (χ4n) is 1.04. The SMILES string of the molecule is NOC1(N)O[C@](Cl)(C(O)(Cl)Cl)[C@@](O)(Cl)C1=O. The van der Waals surface area contributed by atoms with Crippen LogP contribution in [0.5, 0.6) is 0 Å². The highest BCUT2D eigenvalue weighted by molar-refractivity contribution is 6.55. The summed E-state index contributed by atoms with van der Waals surface area (Å²) in [6.45, 7) is 0. The maximum atomic E-state index is 11.5. The Hall–Kier alpha value is 0.590. The van der Waals surface area contributed by atoms with Gasteiger partial charge < -0.3 is 10.2 Å². The van der Waals surface area contributed by atoms with Crippen molar-refractivity contribution >= 4 is 52.2 Å². The number of aliphatic hydroxyl groups is 2. The summed E-state index contributed by atoms with van der Waals surface area (Å²) in [5.41, 5.74) is 5.17. The average Bonchev–Trinajstić information content (AvgIpc) is 2.26. The average molecular weight is 316 g/mol. The van der Waals surface area contributed by atoms with Crippen LogP contribution in [-0.2, 0) is 14.4 Å². The Bertz CT molecular complexity index is 333. The second-order valence-corrected chi connectivity index (χ2v) is 5.34. The smallest absolute Gasteiger partial charge is 0.310 e. The highest BCUT2D eigenvalue weighted by Gasteiger charge is 2.77. The van der Waals surface area contributed by atoms with Gasteiger partial charge in [0.05, 0.1) is 0 Å². The van der Waals surface area contributed by atoms with Crippen LogP contribution >= 0.6 is 46.4 Å². The topological polar surface area (TPSA) is 128 Å². The molecule has 16 heavy (non-hydrogen) atoms. The Morgan fingerprint density at radius 2 is 1.88 bits per heavy atom. The third kappa shape index (κ3) is 1.72. The summed E-state index contributed by atoms with van der Waals surface area (Å²) >= 11 is 21.4. The Morgan fingerprint density at radius 3 is 2.06 bits per heavy atom. The monoisotopic (exact) mass is 314 g/mol. The van der Waals surface area contributed by atoms with Gasteiger partial charge in [-0.25, -0.2) is 10.7 Å². The highest BCUT2D eigenvalue weighted by atomic mass is 35.5. The zero-order valence-corrected chi connectivity index (χ0v) is 10.3. The van der Waals surface area contributed by atoms with Crippen molar-refractivity contribution in [2.75, 3.05) is 0 Å². The number of hydrogen-bond acceptors (Lipinski definition) is 7. The van der Waals surface area contributed by atoms with Gasteiger partial charge in [-0.3, -0.25) is 15.3 Å². The first-order chi connectivity index (χ1) is 6.92. The van der Waals surface area contributed by atoms with Crippen molar-refractivity contribution in [1.29, 1.82) is 0 Å². The van der Waals surface area contributed by atoms with Crippen LogP contribution in [0, 0.1) is 0 Å². The number of ether oxygens (including phenoxy) is 1. The number of halogens is 4. The predicted octanol–water partition coefficient (Wildman–Crippen LogP) is -0.925. The van der Waals surface area contributed by atoms with E-state index >= 15 is 0 Å². The molecule has 6 N–H and O–H groups in total. The summed E-state index contributed by atoms with van der Waals surface area (Å²) in [4.78, 5) is 15.5. The zero-order valence-electron chi connectivity index (χ0n) is 7.29. The van der Waals surface area contributed by atoms with Crippen LogP contribution in [0.1, 0.15) is 0 Å². The van der Waals surface area contributed by atoms with Gasteiger partial charge in [-0.2, -0.15) is 0 Å². The van der Waals surface area contributed by atoms with Gasteiger partial charge in [-0.15, -0.1) is 0 Å². The summed E-state index contributed by atoms with van der Waals surface area (Å²) in [6.07, 6.45) is 0. The summed E-state index contributed by atoms with van der Waals surface area (Å²) < 4.78 is 1.58. The third-order valence-corrected chi connectivity index (χ3v) is 3.78. The van der Waals surface area contributed by atoms with Gasteiger partial charge in [0.2, 0.25) is 0 Å². The number of nitrogens with two attached hydrogens (primary N) is 2. The van der Waals surface area contributed by atoms with Crippen molar-refractivity contribution < 1.29 is 24.6 Å². The number of hydrogen-bond donors (Lipinski definition) is 4. The molecule has 1 aliphatic heterocycles. The van der Waals surface area contributed by atoms with Crippen molar-refractivity contribution in [2.24, 2.45) is 11.6 Å². The van der Waals surface area contributed by atoms with Crippen LogP contribution in [0.25, 0.3) is 0 Å². The molecule has 0 aliphatic carbocycles. The zero-order chi connectivity index (χ0) is 13.0. The van der Waals surface area contributed by atoms with Crippen molar-refractivity contribution in [2.45, 2.75) is 20.6 Å². The van der Waals surface area contributed by atoms with Crippen LogP contribution < -0.4 is 11.6 Å². The van der Waals surface area contributed by atoms with E-state index in [9.17, 15) is 15.0 Å². The van der Waals surface area contributed by atoms with Crippen LogP contribution in [-0.4, -0.2) is 36.5 Å². The summed E-state index contributed by atoms with van der Waals surface area (Å²) in [7, 11) is 0. The first kappa shape index (κ1) is 14.7. The highest BCUT2D eigenvalue weighted by Crippen LogP contribution is 2.54. The molecule has 1 unspecified atom stereocenters. The fourth-order valence-corrected chi connectivity index (χ4v) is 1.99. The van der Waals surface area contributed by atoms with Gasteiger partial charge in [0, 0.05) is 0 Å². The standard InChI is InChI=1S/C5H6Cl4N2O5/c6-2(13)1(12)3(10,16-11)15-4(2,7)5(8,9)14/h13-14H,10-11H2/t2-,3?,4+/m1/s1. The molecule has 0 aromatic rings. The molecule has 0 aromatic heterocycles. The van der Waals surface area contributed by atoms with E-state index in [0.29, 0.717) is 0 Å². The summed E-state index contributed by atoms with van der Waals surface area (Å²) in [6, 6.07) is 0. The molecule has 1 saturated heterocycles. The Kier molecular flexibility index (Phi) is 3.47. The van der Waals surface area contributed by atoms with E-state index < -0.39 is 26.3 Å². The van der Waals surface area contributed by atoms with Gasteiger partial charge in [0.1, 0.15) is 0 Å². The van der Waals surface area contributed by atoms with E-state index in [4.69, 9.17) is 52.1 Å². The maximum absolute atomic E-state index is 11.5. The predicted molar refractivity (Wildman–Crippen MR) is 54.3 cm³/mol. The Balaban J connectivity index is 3.33. The number of carbonyl (C=O) groups excluding carboxylic acids is 1. The summed E-state index contributed by atoms with van der Waals surface area (Å²) in [5, 5.41) is 13.0. The first-order valence-electron chi connectivity index (χ1n) is 3.54. The molecule has 1 aliphatic rings. The third-order valence-electron chi connectivity index (χ3n) is 1.90. The van der Waals surface area contributed by atoms with Crippen molar-refractivity contribution in [3.8, 4) is 0 Å². The molecule has 1 heterocycles. The second kappa shape index (κ2) is 3.79. The molecule has 0 bridgehead atoms. The number of Topliss-reactive ketones (excluding diaryl/α,β-unsaturated/α-hetero) is 1. The van der Waals surface area contributed by atoms with E-state index in [-0.39, 0.29) is 0 Å². The lowest BCUT2D eigenvalue weighted by atomic mass is 10.1. The minimum absolute atomic E-state index is 1.47. The number of alkyl halides is 4. The van der Waals surface area contributed by atoms with E-state index in [0.717, 1.165) is 0 Å². The molecule has 1 fully saturated rings. The van der Waals surface area contributed by atoms with Gasteiger partial charge in [0.15, 0.2) is 0 Å². The lowest BCUT2D eigenvalue weighted by Gasteiger charge is -2.34. The molecule has 0 amide bonds. The van der Waals surface area contributed by atoms with E-state index in [2.05, 4.69) is 15.5 Å². The Morgan fingerprint density at radius 1 is 1.44 bits per heavy atom. The quantitative estimate of drug-likeness (QED) is 0.294. The molecule has 0 radical (unpaired) electrons. The van der Waals surface area contributed by atoms with E-state index in [1.165, 1.54) is 0 Å². The van der Waals surface area contributed by atoms with E-state index in [1.807, 2.05) is 0 Å². The molecule has 7 nitrogen and oxygen atoms in total. The van der Waals surface area contributed by atoms with Crippen molar-refractivity contribution in [3.05, 3.63) is 0 Å². The number of ketones is 1. The second-order valence-electron chi connectivity index (χ2n) is 2.98. The minimum atomic E-state index is -3.04. The molecule has 0 spiro atoms. The first-order valence-corrected chi connectivity index (χ1v) is 5.06. The molecule has 0 saturated carbocycles. The van der Waals surface area contributed by atoms with Crippen LogP contribution in [0.3, 0.4) is 0 Å². The van der Waals surface area contributed by atoms with Gasteiger partial charge in [0.25, 0.3) is 20.4 Å².